The fourth-order valence-corrected chi connectivity index (χ4v) is 5.90. The first kappa shape index (κ1) is 21.0. The monoisotopic (exact) mass is 382 g/mol. The summed E-state index contributed by atoms with van der Waals surface area (Å²) in [7, 11) is 0. The Morgan fingerprint density at radius 3 is 2.86 bits per heavy atom. The highest BCUT2D eigenvalue weighted by molar-refractivity contribution is 6.01. The van der Waals surface area contributed by atoms with Crippen molar-refractivity contribution in [3.8, 4) is 0 Å². The molecule has 0 aromatic carbocycles. The number of aldehydes is 1. The summed E-state index contributed by atoms with van der Waals surface area (Å²) in [6, 6.07) is 0. The lowest BCUT2D eigenvalue weighted by atomic mass is 9.63. The topological polar surface area (TPSA) is 54.4 Å². The van der Waals surface area contributed by atoms with Gasteiger partial charge in [0.05, 0.1) is 12.5 Å². The molecule has 28 heavy (non-hydrogen) atoms. The maximum Gasteiger partial charge on any atom is 0.163 e. The molecule has 1 N–H and O–H groups in total. The molecule has 152 valence electrons. The van der Waals surface area contributed by atoms with Crippen LogP contribution in [0, 0.1) is 35.0 Å². The van der Waals surface area contributed by atoms with E-state index in [2.05, 4.69) is 39.0 Å². The number of hydrogen-bond acceptors (Lipinski definition) is 3. The van der Waals surface area contributed by atoms with Crippen molar-refractivity contribution in [1.82, 2.24) is 0 Å². The predicted octanol–water partition coefficient (Wildman–Crippen LogP) is 4.83. The van der Waals surface area contributed by atoms with Gasteiger partial charge in [0, 0.05) is 0 Å². The van der Waals surface area contributed by atoms with Crippen LogP contribution in [0.4, 0.5) is 0 Å². The minimum absolute atomic E-state index is 0.0935. The molecule has 0 aliphatic heterocycles. The van der Waals surface area contributed by atoms with E-state index < -0.39 is 0 Å². The van der Waals surface area contributed by atoms with Crippen LogP contribution in [0.25, 0.3) is 0 Å². The third kappa shape index (κ3) is 3.87. The molecule has 0 aromatic rings. The molecule has 1 saturated carbocycles. The van der Waals surface area contributed by atoms with E-state index in [1.807, 2.05) is 13.0 Å². The van der Waals surface area contributed by atoms with Crippen molar-refractivity contribution >= 4 is 12.1 Å². The minimum Gasteiger partial charge on any atom is -0.392 e. The fourth-order valence-electron chi connectivity index (χ4n) is 5.90. The summed E-state index contributed by atoms with van der Waals surface area (Å²) < 4.78 is 0. The van der Waals surface area contributed by atoms with Gasteiger partial charge in [0.1, 0.15) is 6.29 Å². The zero-order chi connectivity index (χ0) is 20.5. The lowest BCUT2D eigenvalue weighted by Crippen LogP contribution is -2.34. The van der Waals surface area contributed by atoms with Gasteiger partial charge in [-0.15, -0.1) is 0 Å². The first-order chi connectivity index (χ1) is 13.3. The highest BCUT2D eigenvalue weighted by atomic mass is 16.3. The quantitative estimate of drug-likeness (QED) is 0.547. The molecule has 1 fully saturated rings. The van der Waals surface area contributed by atoms with E-state index in [1.54, 1.807) is 6.08 Å². The summed E-state index contributed by atoms with van der Waals surface area (Å²) >= 11 is 0. The van der Waals surface area contributed by atoms with Gasteiger partial charge in [0.15, 0.2) is 5.78 Å². The van der Waals surface area contributed by atoms with Crippen LogP contribution in [-0.2, 0) is 9.59 Å². The second kappa shape index (κ2) is 8.32. The summed E-state index contributed by atoms with van der Waals surface area (Å²) in [4.78, 5) is 24.3. The Morgan fingerprint density at radius 2 is 2.18 bits per heavy atom. The normalized spacial score (nSPS) is 38.9. The minimum atomic E-state index is -0.252. The van der Waals surface area contributed by atoms with Crippen molar-refractivity contribution in [1.29, 1.82) is 0 Å². The summed E-state index contributed by atoms with van der Waals surface area (Å²) in [5, 5.41) is 9.16. The molecule has 6 atom stereocenters. The zero-order valence-electron chi connectivity index (χ0n) is 17.7. The Kier molecular flexibility index (Phi) is 6.24. The molecular formula is C25H34O3. The lowest BCUT2D eigenvalue weighted by molar-refractivity contribution is -0.119. The summed E-state index contributed by atoms with van der Waals surface area (Å²) in [6.07, 6.45) is 15.3. The van der Waals surface area contributed by atoms with E-state index in [4.69, 9.17) is 5.11 Å². The third-order valence-electron chi connectivity index (χ3n) is 7.63. The van der Waals surface area contributed by atoms with Gasteiger partial charge >= 0.3 is 0 Å². The number of carbonyl (C=O) groups is 2. The van der Waals surface area contributed by atoms with Crippen LogP contribution in [0.15, 0.2) is 47.1 Å². The van der Waals surface area contributed by atoms with Crippen molar-refractivity contribution in [2.75, 3.05) is 6.61 Å². The van der Waals surface area contributed by atoms with Crippen molar-refractivity contribution in [2.45, 2.75) is 53.4 Å². The largest absolute Gasteiger partial charge is 0.392 e. The van der Waals surface area contributed by atoms with Gasteiger partial charge in [-0.3, -0.25) is 9.59 Å². The van der Waals surface area contributed by atoms with Crippen LogP contribution < -0.4 is 0 Å². The average molecular weight is 383 g/mol. The highest BCUT2D eigenvalue weighted by Crippen LogP contribution is 2.58. The molecule has 3 nitrogen and oxygen atoms in total. The predicted molar refractivity (Wildman–Crippen MR) is 113 cm³/mol. The van der Waals surface area contributed by atoms with Gasteiger partial charge in [0.25, 0.3) is 0 Å². The molecule has 3 aliphatic rings. The van der Waals surface area contributed by atoms with Crippen molar-refractivity contribution in [2.24, 2.45) is 35.0 Å². The van der Waals surface area contributed by atoms with E-state index in [0.717, 1.165) is 30.3 Å². The number of allylic oxidation sites excluding steroid dienone is 7. The molecule has 0 heterocycles. The van der Waals surface area contributed by atoms with E-state index in [0.29, 0.717) is 23.3 Å². The number of rotatable bonds is 5. The van der Waals surface area contributed by atoms with Crippen LogP contribution in [0.1, 0.15) is 53.4 Å². The van der Waals surface area contributed by atoms with Crippen molar-refractivity contribution in [3.05, 3.63) is 47.1 Å². The lowest BCUT2D eigenvalue weighted by Gasteiger charge is -2.40. The Balaban J connectivity index is 1.87. The number of fused-ring (bicyclic) bond motifs is 2. The zero-order valence-corrected chi connectivity index (χ0v) is 17.7. The number of ketones is 1. The smallest absolute Gasteiger partial charge is 0.163 e. The van der Waals surface area contributed by atoms with Crippen LogP contribution >= 0.6 is 0 Å². The van der Waals surface area contributed by atoms with Gasteiger partial charge in [0.2, 0.25) is 0 Å². The second-order valence-electron chi connectivity index (χ2n) is 9.51. The average Bonchev–Trinajstić information content (AvgIpc) is 3.10. The first-order valence-electron chi connectivity index (χ1n) is 10.6. The SMILES string of the molecule is CC1=CC(=O)[C@H]2/C(C=O)=C\C[C@H]3[C@@H]([C@@H](C)/C=C\C=C(\C)CO)CC[C@]3(C)C[C@H]12. The Hall–Kier alpha value is -1.74. The summed E-state index contributed by atoms with van der Waals surface area (Å²) in [5.41, 5.74) is 3.01. The fraction of sp³-hybridized carbons (Fsp3) is 0.600. The van der Waals surface area contributed by atoms with Gasteiger partial charge in [-0.2, -0.15) is 0 Å². The van der Waals surface area contributed by atoms with Crippen LogP contribution in [0.5, 0.6) is 0 Å². The molecule has 0 spiro atoms. The number of aliphatic hydroxyl groups is 1. The van der Waals surface area contributed by atoms with E-state index >= 15 is 0 Å². The Bertz CT molecular complexity index is 754. The molecule has 0 amide bonds. The van der Waals surface area contributed by atoms with Gasteiger partial charge in [-0.05, 0) is 85.8 Å². The van der Waals surface area contributed by atoms with Crippen molar-refractivity contribution < 1.29 is 14.7 Å². The molecule has 0 aromatic heterocycles. The van der Waals surface area contributed by atoms with Gasteiger partial charge in [-0.25, -0.2) is 0 Å². The van der Waals surface area contributed by atoms with Crippen molar-refractivity contribution in [3.63, 3.8) is 0 Å². The molecule has 0 saturated heterocycles. The second-order valence-corrected chi connectivity index (χ2v) is 9.51. The third-order valence-corrected chi connectivity index (χ3v) is 7.63. The molecule has 0 unspecified atom stereocenters. The van der Waals surface area contributed by atoms with Gasteiger partial charge in [-0.1, -0.05) is 43.7 Å². The highest BCUT2D eigenvalue weighted by Gasteiger charge is 2.50. The molecule has 3 heteroatoms. The molecule has 0 bridgehead atoms. The Labute approximate surface area is 169 Å². The van der Waals surface area contributed by atoms with E-state index in [9.17, 15) is 9.59 Å². The van der Waals surface area contributed by atoms with Gasteiger partial charge < -0.3 is 5.11 Å². The molecule has 3 aliphatic carbocycles. The van der Waals surface area contributed by atoms with Crippen LogP contribution in [0.3, 0.4) is 0 Å². The van der Waals surface area contributed by atoms with E-state index in [1.165, 1.54) is 12.8 Å². The summed E-state index contributed by atoms with van der Waals surface area (Å²) in [6.45, 7) is 8.76. The maximum atomic E-state index is 12.5. The Morgan fingerprint density at radius 1 is 1.43 bits per heavy atom. The van der Waals surface area contributed by atoms with Crippen LogP contribution in [0.2, 0.25) is 0 Å². The molecular weight excluding hydrogens is 348 g/mol. The molecule has 0 radical (unpaired) electrons. The number of aliphatic hydroxyl groups excluding tert-OH is 1. The molecule has 3 rings (SSSR count). The maximum absolute atomic E-state index is 12.5. The number of carbonyl (C=O) groups excluding carboxylic acids is 2. The first-order valence-corrected chi connectivity index (χ1v) is 10.6. The number of hydrogen-bond donors (Lipinski definition) is 1. The standard InChI is InChI=1S/C25H34O3/c1-16(14-26)6-5-7-17(2)20-10-11-25(4)13-21-18(3)12-23(28)24(21)19(15-27)8-9-22(20)25/h5-8,12,15,17,20-22,24,26H,9-11,13-14H2,1-4H3/b7-5-,16-6-,19-8-/t17-,20+,21+,22-,24-,25+/m0/s1. The van der Waals surface area contributed by atoms with E-state index in [-0.39, 0.29) is 29.6 Å². The summed E-state index contributed by atoms with van der Waals surface area (Å²) in [5.74, 6) is 1.58. The van der Waals surface area contributed by atoms with Crippen LogP contribution in [-0.4, -0.2) is 23.8 Å².